The molecule has 0 radical (unpaired) electrons. The van der Waals surface area contributed by atoms with E-state index in [1.165, 1.54) is 21.4 Å². The van der Waals surface area contributed by atoms with Gasteiger partial charge in [0.15, 0.2) is 11.5 Å². The smallest absolute Gasteiger partial charge is 0.163 e. The van der Waals surface area contributed by atoms with E-state index in [4.69, 9.17) is 0 Å². The summed E-state index contributed by atoms with van der Waals surface area (Å²) in [7, 11) is 4.04. The summed E-state index contributed by atoms with van der Waals surface area (Å²) in [6, 6.07) is 1.36. The lowest BCUT2D eigenvalue weighted by Crippen LogP contribution is -2.36. The monoisotopic (exact) mass is 531 g/mol. The minimum atomic E-state index is -0.412. The fourth-order valence-corrected chi connectivity index (χ4v) is 4.29. The number of halogens is 2. The first-order chi connectivity index (χ1) is 13.2. The van der Waals surface area contributed by atoms with Gasteiger partial charge in [-0.15, -0.1) is 0 Å². The van der Waals surface area contributed by atoms with Crippen LogP contribution in [-0.2, 0) is 4.79 Å². The predicted octanol–water partition coefficient (Wildman–Crippen LogP) is 4.39. The number of anilines is 1. The molecule has 6 nitrogen and oxygen atoms in total. The van der Waals surface area contributed by atoms with Crippen LogP contribution in [0, 0.1) is 11.2 Å². The Labute approximate surface area is 181 Å². The zero-order chi connectivity index (χ0) is 20.5. The molecular formula is C18H20FIN5OPS. The molecule has 0 spiro atoms. The Balaban J connectivity index is 2.08. The summed E-state index contributed by atoms with van der Waals surface area (Å²) >= 11 is 2.14. The van der Waals surface area contributed by atoms with Crippen LogP contribution in [0.1, 0.15) is 27.2 Å². The number of pyridine rings is 1. The molecule has 0 aliphatic heterocycles. The van der Waals surface area contributed by atoms with Gasteiger partial charge < -0.3 is 10.1 Å². The maximum Gasteiger partial charge on any atom is 0.163 e. The summed E-state index contributed by atoms with van der Waals surface area (Å²) < 4.78 is 15.7. The van der Waals surface area contributed by atoms with E-state index in [-0.39, 0.29) is 11.5 Å². The number of carbonyl (C=O) groups excluding carboxylic acids is 1. The molecule has 28 heavy (non-hydrogen) atoms. The molecule has 0 amide bonds. The van der Waals surface area contributed by atoms with Crippen molar-refractivity contribution in [1.82, 2.24) is 18.9 Å². The molecule has 148 valence electrons. The second-order valence-corrected chi connectivity index (χ2v) is 9.76. The average Bonchev–Trinajstić information content (AvgIpc) is 3.00. The lowest BCUT2D eigenvalue weighted by Gasteiger charge is -2.31. The van der Waals surface area contributed by atoms with Crippen molar-refractivity contribution < 1.29 is 9.18 Å². The Hall–Kier alpha value is -1.32. The second-order valence-electron chi connectivity index (χ2n) is 7.43. The van der Waals surface area contributed by atoms with E-state index >= 15 is 0 Å². The predicted molar refractivity (Wildman–Crippen MR) is 125 cm³/mol. The minimum Gasteiger partial charge on any atom is -0.366 e. The Morgan fingerprint density at radius 2 is 2.14 bits per heavy atom. The number of aldehydes is 1. The molecule has 1 N–H and O–H groups in total. The Morgan fingerprint density at radius 1 is 1.39 bits per heavy atom. The summed E-state index contributed by atoms with van der Waals surface area (Å²) in [6.45, 7) is 6.20. The maximum atomic E-state index is 13.8. The summed E-state index contributed by atoms with van der Waals surface area (Å²) in [6.07, 6.45) is 6.02. The first kappa shape index (κ1) is 21.4. The van der Waals surface area contributed by atoms with Gasteiger partial charge in [0.25, 0.3) is 0 Å². The molecule has 0 aromatic carbocycles. The number of carbonyl (C=O) groups is 1. The number of aromatic nitrogens is 4. The van der Waals surface area contributed by atoms with Crippen molar-refractivity contribution in [1.29, 1.82) is 0 Å². The summed E-state index contributed by atoms with van der Waals surface area (Å²) in [5.41, 5.74) is 1.21. The number of nitrogens with one attached hydrogen (secondary N) is 1. The average molecular weight is 531 g/mol. The van der Waals surface area contributed by atoms with Crippen LogP contribution >= 0.6 is 39.6 Å². The first-order valence-electron chi connectivity index (χ1n) is 8.53. The van der Waals surface area contributed by atoms with Gasteiger partial charge in [0.2, 0.25) is 0 Å². The van der Waals surface area contributed by atoms with Gasteiger partial charge >= 0.3 is 0 Å². The highest BCUT2D eigenvalue weighted by atomic mass is 127. The van der Waals surface area contributed by atoms with Crippen LogP contribution in [0.25, 0.3) is 22.4 Å². The van der Waals surface area contributed by atoms with Crippen molar-refractivity contribution in [3.8, 4) is 11.4 Å². The summed E-state index contributed by atoms with van der Waals surface area (Å²) in [5, 5.41) is 4.81. The Morgan fingerprint density at radius 3 is 2.79 bits per heavy atom. The van der Waals surface area contributed by atoms with Crippen LogP contribution in [0.15, 0.2) is 24.7 Å². The lowest BCUT2D eigenvalue weighted by molar-refractivity contribution is -0.108. The summed E-state index contributed by atoms with van der Waals surface area (Å²) in [5.74, 6) is 0.683. The number of fused-ring (bicyclic) bond motifs is 1. The van der Waals surface area contributed by atoms with E-state index in [1.54, 1.807) is 6.20 Å². The molecule has 3 heterocycles. The van der Waals surface area contributed by atoms with Crippen LogP contribution < -0.4 is 10.6 Å². The molecule has 3 rings (SSSR count). The molecule has 0 bridgehead atoms. The topological polar surface area (TPSA) is 72.7 Å². The van der Waals surface area contributed by atoms with Crippen molar-refractivity contribution in [2.45, 2.75) is 33.2 Å². The van der Waals surface area contributed by atoms with E-state index in [0.717, 1.165) is 11.6 Å². The molecule has 2 unspecified atom stereocenters. The third kappa shape index (κ3) is 4.46. The van der Waals surface area contributed by atoms with Crippen LogP contribution in [0.3, 0.4) is 0 Å². The van der Waals surface area contributed by atoms with Gasteiger partial charge in [-0.05, 0) is 11.5 Å². The molecular weight excluding hydrogens is 511 g/mol. The zero-order valence-electron chi connectivity index (χ0n) is 15.6. The van der Waals surface area contributed by atoms with E-state index < -0.39 is 5.82 Å². The van der Waals surface area contributed by atoms with Crippen LogP contribution in [-0.4, -0.2) is 31.3 Å². The van der Waals surface area contributed by atoms with E-state index in [2.05, 4.69) is 71.5 Å². The van der Waals surface area contributed by atoms with Gasteiger partial charge in [-0.25, -0.2) is 19.3 Å². The molecule has 10 heteroatoms. The minimum absolute atomic E-state index is 0.0857. The van der Waals surface area contributed by atoms with Crippen LogP contribution in [0.5, 0.6) is 0 Å². The van der Waals surface area contributed by atoms with E-state index in [1.807, 2.05) is 10.2 Å². The van der Waals surface area contributed by atoms with Crippen LogP contribution in [0.2, 0.25) is 0 Å². The highest BCUT2D eigenvalue weighted by molar-refractivity contribution is 14.2. The van der Waals surface area contributed by atoms with Gasteiger partial charge in [0.05, 0.1) is 6.20 Å². The standard InChI is InChI=1S/C18H20FIN5OPS/c1-18(2,3)14(4-5-26)23-16-13(27)8-21-15(24-16)12-9-25(28-20)17-11(12)6-10(19)7-22-17/h5-9,14H,4,27H2,1-3H3,(H,21,23,24). The number of nitrogens with zero attached hydrogens (tertiary/aromatic N) is 4. The fraction of sp³-hybridized carbons (Fsp3) is 0.333. The number of hydrogen-bond acceptors (Lipinski definition) is 6. The van der Waals surface area contributed by atoms with Gasteiger partial charge in [0.1, 0.15) is 17.9 Å². The maximum absolute atomic E-state index is 13.8. The van der Waals surface area contributed by atoms with Crippen molar-refractivity contribution in [3.63, 3.8) is 0 Å². The highest BCUT2D eigenvalue weighted by Crippen LogP contribution is 2.33. The van der Waals surface area contributed by atoms with Gasteiger partial charge in [-0.3, -0.25) is 3.97 Å². The van der Waals surface area contributed by atoms with Crippen molar-refractivity contribution >= 4 is 68.0 Å². The SMILES string of the molecule is CC(C)(C)C(CC=O)Nc1nc(-c2cn(SI)c3ncc(F)cc23)ncc1P. The largest absolute Gasteiger partial charge is 0.366 e. The van der Waals surface area contributed by atoms with Crippen LogP contribution in [0.4, 0.5) is 10.2 Å². The Kier molecular flexibility index (Phi) is 6.56. The molecule has 0 saturated carbocycles. The zero-order valence-corrected chi connectivity index (χ0v) is 19.7. The number of hydrogen-bond donors (Lipinski definition) is 1. The normalized spacial score (nSPS) is 12.9. The molecule has 2 atom stereocenters. The molecule has 3 aromatic rings. The lowest BCUT2D eigenvalue weighted by atomic mass is 9.85. The molecule has 0 aliphatic carbocycles. The van der Waals surface area contributed by atoms with Crippen molar-refractivity contribution in [2.24, 2.45) is 5.41 Å². The molecule has 0 fully saturated rings. The summed E-state index contributed by atoms with van der Waals surface area (Å²) in [4.78, 5) is 24.4. The first-order valence-corrected chi connectivity index (χ1v) is 12.4. The molecule has 0 saturated heterocycles. The van der Waals surface area contributed by atoms with Gasteiger partial charge in [-0.2, -0.15) is 0 Å². The van der Waals surface area contributed by atoms with E-state index in [9.17, 15) is 9.18 Å². The molecule has 0 aliphatic rings. The van der Waals surface area contributed by atoms with Gasteiger partial charge in [0, 0.05) is 71.4 Å². The second kappa shape index (κ2) is 8.59. The van der Waals surface area contributed by atoms with Crippen molar-refractivity contribution in [2.75, 3.05) is 5.32 Å². The van der Waals surface area contributed by atoms with E-state index in [0.29, 0.717) is 34.7 Å². The highest BCUT2D eigenvalue weighted by Gasteiger charge is 2.25. The quantitative estimate of drug-likeness (QED) is 0.289. The van der Waals surface area contributed by atoms with Crippen molar-refractivity contribution in [3.05, 3.63) is 30.5 Å². The van der Waals surface area contributed by atoms with Gasteiger partial charge in [-0.1, -0.05) is 30.0 Å². The fourth-order valence-electron chi connectivity index (χ4n) is 2.81. The Bertz CT molecular complexity index is 1020. The number of rotatable bonds is 6. The third-order valence-corrected chi connectivity index (χ3v) is 6.52. The third-order valence-electron chi connectivity index (χ3n) is 4.40. The molecule has 3 aromatic heterocycles.